The number of benzene rings is 3. The highest BCUT2D eigenvalue weighted by atomic mass is 32.2. The molecule has 41 heavy (non-hydrogen) atoms. The fourth-order valence-corrected chi connectivity index (χ4v) is 5.65. The minimum absolute atomic E-state index is 0.0551. The summed E-state index contributed by atoms with van der Waals surface area (Å²) in [4.78, 5) is 14.6. The highest BCUT2D eigenvalue weighted by molar-refractivity contribution is 7.87. The largest absolute Gasteiger partial charge is 0.493 e. The lowest BCUT2D eigenvalue weighted by Gasteiger charge is -2.23. The second-order valence-corrected chi connectivity index (χ2v) is 11.2. The summed E-state index contributed by atoms with van der Waals surface area (Å²) in [6.07, 6.45) is -2.50. The van der Waals surface area contributed by atoms with Crippen molar-refractivity contribution in [3.8, 4) is 11.5 Å². The molecule has 1 unspecified atom stereocenters. The van der Waals surface area contributed by atoms with Crippen LogP contribution in [0.3, 0.4) is 0 Å². The van der Waals surface area contributed by atoms with Crippen LogP contribution in [0.5, 0.6) is 11.5 Å². The SMILES string of the molecule is COc1ccc(CN(Cc2ccco2)C(=O)C2C[C@H]2c2ccccc2)cc1OS(=O)(=O)c1cccc(C(F)(F)F)c1. The average Bonchev–Trinajstić information content (AvgIpc) is 3.59. The Morgan fingerprint density at radius 3 is 2.41 bits per heavy atom. The standard InChI is InChI=1S/C30H26F3NO6S/c1-38-27-13-12-20(15-28(27)40-41(36,37)24-11-5-9-22(16-24)30(31,32)33)18-34(19-23-10-6-14-39-23)29(35)26-17-25(26)21-7-3-2-4-8-21/h2-16,25-26H,17-19H2,1H3/t25-,26?/m0/s1. The molecule has 1 amide bonds. The Kier molecular flexibility index (Phi) is 7.81. The van der Waals surface area contributed by atoms with E-state index in [-0.39, 0.29) is 42.3 Å². The summed E-state index contributed by atoms with van der Waals surface area (Å²) in [6.45, 7) is 0.288. The monoisotopic (exact) mass is 585 g/mol. The maximum atomic E-state index is 13.6. The van der Waals surface area contributed by atoms with Crippen LogP contribution in [0, 0.1) is 5.92 Å². The van der Waals surface area contributed by atoms with Gasteiger partial charge in [-0.15, -0.1) is 0 Å². The van der Waals surface area contributed by atoms with Crippen LogP contribution in [0.1, 0.15) is 34.8 Å². The van der Waals surface area contributed by atoms with Gasteiger partial charge >= 0.3 is 16.3 Å². The molecule has 1 aliphatic rings. The molecule has 0 saturated heterocycles. The molecule has 1 heterocycles. The zero-order chi connectivity index (χ0) is 29.2. The van der Waals surface area contributed by atoms with Crippen molar-refractivity contribution in [1.82, 2.24) is 4.90 Å². The number of rotatable bonds is 10. The molecule has 0 bridgehead atoms. The summed E-state index contributed by atoms with van der Waals surface area (Å²) in [5.74, 6) is 0.233. The Balaban J connectivity index is 1.39. The van der Waals surface area contributed by atoms with Gasteiger partial charge in [0, 0.05) is 12.5 Å². The Hall–Kier alpha value is -4.25. The second-order valence-electron chi connectivity index (χ2n) is 9.68. The lowest BCUT2D eigenvalue weighted by molar-refractivity contribution is -0.137. The summed E-state index contributed by atoms with van der Waals surface area (Å²) in [6, 6.07) is 21.1. The van der Waals surface area contributed by atoms with Gasteiger partial charge in [-0.1, -0.05) is 42.5 Å². The summed E-state index contributed by atoms with van der Waals surface area (Å²) in [5.41, 5.74) is 0.490. The molecule has 0 aliphatic heterocycles. The number of ether oxygens (including phenoxy) is 1. The fraction of sp³-hybridized carbons (Fsp3) is 0.233. The predicted molar refractivity (Wildman–Crippen MR) is 143 cm³/mol. The Labute approximate surface area is 235 Å². The van der Waals surface area contributed by atoms with Gasteiger partial charge < -0.3 is 18.2 Å². The molecule has 1 saturated carbocycles. The highest BCUT2D eigenvalue weighted by Crippen LogP contribution is 2.48. The fourth-order valence-electron chi connectivity index (χ4n) is 4.67. The number of alkyl halides is 3. The van der Waals surface area contributed by atoms with Gasteiger partial charge in [0.1, 0.15) is 10.7 Å². The van der Waals surface area contributed by atoms with Crippen molar-refractivity contribution < 1.29 is 39.7 Å². The number of furan rings is 1. The smallest absolute Gasteiger partial charge is 0.416 e. The maximum Gasteiger partial charge on any atom is 0.416 e. The lowest BCUT2D eigenvalue weighted by Crippen LogP contribution is -2.31. The van der Waals surface area contributed by atoms with Crippen molar-refractivity contribution in [3.63, 3.8) is 0 Å². The predicted octanol–water partition coefficient (Wildman–Crippen LogP) is 6.41. The topological polar surface area (TPSA) is 86.0 Å². The summed E-state index contributed by atoms with van der Waals surface area (Å²) in [7, 11) is -3.34. The highest BCUT2D eigenvalue weighted by Gasteiger charge is 2.45. The molecule has 2 atom stereocenters. The van der Waals surface area contributed by atoms with Gasteiger partial charge in [-0.05, 0) is 65.9 Å². The molecule has 0 N–H and O–H groups in total. The first-order chi connectivity index (χ1) is 19.5. The molecule has 11 heteroatoms. The molecule has 0 spiro atoms. The molecular weight excluding hydrogens is 559 g/mol. The van der Waals surface area contributed by atoms with E-state index in [1.54, 1.807) is 23.1 Å². The van der Waals surface area contributed by atoms with Crippen LogP contribution in [-0.4, -0.2) is 26.3 Å². The molecule has 3 aromatic carbocycles. The molecular formula is C30H26F3NO6S. The molecule has 214 valence electrons. The average molecular weight is 586 g/mol. The Bertz CT molecular complexity index is 1620. The first kappa shape index (κ1) is 28.3. The van der Waals surface area contributed by atoms with E-state index in [0.29, 0.717) is 23.8 Å². The molecule has 7 nitrogen and oxygen atoms in total. The zero-order valence-electron chi connectivity index (χ0n) is 21.9. The molecule has 1 aromatic heterocycles. The zero-order valence-corrected chi connectivity index (χ0v) is 22.7. The van der Waals surface area contributed by atoms with Crippen LogP contribution in [0.4, 0.5) is 13.2 Å². The number of amides is 1. The number of halogens is 3. The number of carbonyl (C=O) groups is 1. The molecule has 1 aliphatic carbocycles. The Morgan fingerprint density at radius 2 is 1.73 bits per heavy atom. The van der Waals surface area contributed by atoms with E-state index in [1.165, 1.54) is 25.5 Å². The van der Waals surface area contributed by atoms with Crippen molar-refractivity contribution in [3.05, 3.63) is 114 Å². The van der Waals surface area contributed by atoms with E-state index in [1.807, 2.05) is 30.3 Å². The van der Waals surface area contributed by atoms with Gasteiger partial charge in [0.15, 0.2) is 11.5 Å². The van der Waals surface area contributed by atoms with E-state index in [2.05, 4.69) is 0 Å². The molecule has 4 aromatic rings. The first-order valence-electron chi connectivity index (χ1n) is 12.7. The number of nitrogens with zero attached hydrogens (tertiary/aromatic N) is 1. The normalized spacial score (nSPS) is 16.7. The van der Waals surface area contributed by atoms with Crippen LogP contribution in [0.15, 0.2) is 101 Å². The summed E-state index contributed by atoms with van der Waals surface area (Å²) < 4.78 is 81.4. The van der Waals surface area contributed by atoms with Crippen molar-refractivity contribution in [2.24, 2.45) is 5.92 Å². The van der Waals surface area contributed by atoms with Crippen molar-refractivity contribution in [2.75, 3.05) is 7.11 Å². The van der Waals surface area contributed by atoms with Crippen molar-refractivity contribution in [2.45, 2.75) is 36.5 Å². The first-order valence-corrected chi connectivity index (χ1v) is 14.1. The van der Waals surface area contributed by atoms with Gasteiger partial charge in [0.05, 0.1) is 25.5 Å². The number of hydrogen-bond donors (Lipinski definition) is 0. The summed E-state index contributed by atoms with van der Waals surface area (Å²) >= 11 is 0. The van der Waals surface area contributed by atoms with Gasteiger partial charge in [0.25, 0.3) is 0 Å². The maximum absolute atomic E-state index is 13.6. The molecule has 0 radical (unpaired) electrons. The summed E-state index contributed by atoms with van der Waals surface area (Å²) in [5, 5.41) is 0. The van der Waals surface area contributed by atoms with Gasteiger partial charge in [-0.25, -0.2) is 0 Å². The number of methoxy groups -OCH3 is 1. The third-order valence-corrected chi connectivity index (χ3v) is 8.06. The third-order valence-electron chi connectivity index (χ3n) is 6.82. The van der Waals surface area contributed by atoms with E-state index in [0.717, 1.165) is 23.8 Å². The minimum Gasteiger partial charge on any atom is -0.493 e. The lowest BCUT2D eigenvalue weighted by atomic mass is 10.1. The van der Waals surface area contributed by atoms with Gasteiger partial charge in [0.2, 0.25) is 5.91 Å². The van der Waals surface area contributed by atoms with Crippen LogP contribution < -0.4 is 8.92 Å². The van der Waals surface area contributed by atoms with E-state index < -0.39 is 26.8 Å². The second kappa shape index (κ2) is 11.3. The number of hydrogen-bond acceptors (Lipinski definition) is 6. The molecule has 1 fully saturated rings. The number of carbonyl (C=O) groups excluding carboxylic acids is 1. The van der Waals surface area contributed by atoms with Gasteiger partial charge in [-0.2, -0.15) is 21.6 Å². The minimum atomic E-state index is -4.73. The van der Waals surface area contributed by atoms with Crippen LogP contribution in [0.2, 0.25) is 0 Å². The van der Waals surface area contributed by atoms with E-state index in [9.17, 15) is 26.4 Å². The third kappa shape index (κ3) is 6.57. The van der Waals surface area contributed by atoms with Gasteiger partial charge in [-0.3, -0.25) is 4.79 Å². The van der Waals surface area contributed by atoms with Crippen molar-refractivity contribution in [1.29, 1.82) is 0 Å². The van der Waals surface area contributed by atoms with Crippen LogP contribution >= 0.6 is 0 Å². The van der Waals surface area contributed by atoms with Crippen molar-refractivity contribution >= 4 is 16.0 Å². The quantitative estimate of drug-likeness (QED) is 0.200. The Morgan fingerprint density at radius 1 is 0.951 bits per heavy atom. The van der Waals surface area contributed by atoms with Crippen LogP contribution in [-0.2, 0) is 34.2 Å². The van der Waals surface area contributed by atoms with Crippen LogP contribution in [0.25, 0.3) is 0 Å². The van der Waals surface area contributed by atoms with E-state index in [4.69, 9.17) is 13.3 Å². The van der Waals surface area contributed by atoms with E-state index >= 15 is 0 Å². The molecule has 5 rings (SSSR count).